The second kappa shape index (κ2) is 7.49. The maximum atomic E-state index is 8.73. The highest BCUT2D eigenvalue weighted by atomic mass is 127. The molecule has 0 rings (SSSR count). The molecule has 0 aliphatic rings. The number of aliphatic hydroxyl groups excluding tert-OH is 1. The van der Waals surface area contributed by atoms with Crippen LogP contribution in [0.3, 0.4) is 0 Å². The maximum Gasteiger partial charge on any atom is 0.368 e. The number of hydrogen-bond acceptors (Lipinski definition) is 6. The number of aliphatic hydroxyl groups is 1. The van der Waals surface area contributed by atoms with Gasteiger partial charge in [-0.25, -0.2) is 0 Å². The average Bonchev–Trinajstić information content (AvgIpc) is 1.36. The zero-order valence-electron chi connectivity index (χ0n) is 4.20. The largest absolute Gasteiger partial charge is 0.400 e. The Labute approximate surface area is 52.7 Å². The molecule has 0 radical (unpaired) electrons. The summed E-state index contributed by atoms with van der Waals surface area (Å²) in [6.45, 7) is 0. The van der Waals surface area contributed by atoms with Gasteiger partial charge in [0.25, 0.3) is 0 Å². The van der Waals surface area contributed by atoms with Gasteiger partial charge in [0.2, 0.25) is 0 Å². The molecule has 0 atom stereocenters. The molecule has 0 unspecified atom stereocenters. The first-order chi connectivity index (χ1) is 3.00. The van der Waals surface area contributed by atoms with E-state index in [1.54, 1.807) is 0 Å². The van der Waals surface area contributed by atoms with E-state index in [1.165, 1.54) is 0 Å². The predicted octanol–water partition coefficient (Wildman–Crippen LogP) is -7.35. The van der Waals surface area contributed by atoms with Gasteiger partial charge in [-0.2, -0.15) is 0 Å². The van der Waals surface area contributed by atoms with Crippen molar-refractivity contribution in [2.24, 2.45) is 0 Å². The van der Waals surface area contributed by atoms with E-state index < -0.39 is 20.1 Å². The highest BCUT2D eigenvalue weighted by Gasteiger charge is 2.11. The summed E-state index contributed by atoms with van der Waals surface area (Å²) < 4.78 is 33.2. The Morgan fingerprint density at radius 1 is 1.12 bits per heavy atom. The van der Waals surface area contributed by atoms with Crippen molar-refractivity contribution in [1.82, 2.24) is 6.15 Å². The van der Waals surface area contributed by atoms with Crippen LogP contribution in [0.5, 0.6) is 0 Å². The smallest absolute Gasteiger partial charge is 0.368 e. The third-order valence-corrected chi connectivity index (χ3v) is 0. The van der Waals surface area contributed by atoms with Crippen LogP contribution in [0, 0.1) is 0 Å². The molecule has 0 fully saturated rings. The third-order valence-electron chi connectivity index (χ3n) is 0. The lowest BCUT2D eigenvalue weighted by Gasteiger charge is -1.93. The second-order valence-corrected chi connectivity index (χ2v) is 2.66. The van der Waals surface area contributed by atoms with Crippen molar-refractivity contribution in [3.8, 4) is 0 Å². The van der Waals surface area contributed by atoms with Crippen molar-refractivity contribution >= 4 is 0 Å². The summed E-state index contributed by atoms with van der Waals surface area (Å²) >= 11 is -5.69. The summed E-state index contributed by atoms with van der Waals surface area (Å²) in [5.74, 6) is 0. The van der Waals surface area contributed by atoms with E-state index in [0.29, 0.717) is 0 Å². The Kier molecular flexibility index (Phi) is 14.8. The Morgan fingerprint density at radius 2 is 1.12 bits per heavy atom. The van der Waals surface area contributed by atoms with E-state index in [4.69, 9.17) is 18.9 Å². The molecular weight excluding hydrogens is 233 g/mol. The fourth-order valence-electron chi connectivity index (χ4n) is 0. The Hall–Kier alpha value is 0.490. The summed E-state index contributed by atoms with van der Waals surface area (Å²) in [6, 6.07) is 0. The molecule has 54 valence electrons. The Bertz CT molecular complexity index is 27.9. The maximum absolute atomic E-state index is 8.73. The zero-order valence-corrected chi connectivity index (χ0v) is 6.36. The van der Waals surface area contributed by atoms with Gasteiger partial charge in [-0.1, -0.05) is 0 Å². The summed E-state index contributed by atoms with van der Waals surface area (Å²) in [4.78, 5) is 0. The van der Waals surface area contributed by atoms with Crippen LogP contribution in [0.1, 0.15) is 0 Å². The van der Waals surface area contributed by atoms with Crippen molar-refractivity contribution in [1.29, 1.82) is 0 Å². The minimum absolute atomic E-state index is 0. The molecule has 0 aromatic rings. The highest BCUT2D eigenvalue weighted by Crippen LogP contribution is 0.755. The lowest BCUT2D eigenvalue weighted by molar-refractivity contribution is -1.92. The van der Waals surface area contributed by atoms with Gasteiger partial charge in [-0.15, -0.1) is 0 Å². The van der Waals surface area contributed by atoms with E-state index in [2.05, 4.69) is 0 Å². The molecular formula is CH8INO5. The second-order valence-electron chi connectivity index (χ2n) is 0.396. The van der Waals surface area contributed by atoms with Crippen molar-refractivity contribution < 1.29 is 38.9 Å². The highest BCUT2D eigenvalue weighted by molar-refractivity contribution is 3.18. The zero-order chi connectivity index (χ0) is 6.50. The first-order valence-electron chi connectivity index (χ1n) is 1.08. The van der Waals surface area contributed by atoms with E-state index in [-0.39, 0.29) is 6.15 Å². The fourth-order valence-corrected chi connectivity index (χ4v) is 0. The molecule has 0 aliphatic heterocycles. The van der Waals surface area contributed by atoms with E-state index >= 15 is 0 Å². The SMILES string of the molecule is CO.N.[O-][I+3]([O-])([O-])O. The molecule has 0 aromatic heterocycles. The predicted molar refractivity (Wildman–Crippen MR) is 15.4 cm³/mol. The van der Waals surface area contributed by atoms with Crippen molar-refractivity contribution in [3.63, 3.8) is 0 Å². The molecule has 0 aromatic carbocycles. The summed E-state index contributed by atoms with van der Waals surface area (Å²) in [5, 5.41) is 7.00. The van der Waals surface area contributed by atoms with Crippen LogP contribution >= 0.6 is 0 Å². The molecule has 0 amide bonds. The normalized spacial score (nSPS) is 8.25. The van der Waals surface area contributed by atoms with Crippen LogP contribution in [0.15, 0.2) is 0 Å². The Balaban J connectivity index is -0.0000000750. The summed E-state index contributed by atoms with van der Waals surface area (Å²) in [6.07, 6.45) is 0. The summed E-state index contributed by atoms with van der Waals surface area (Å²) in [5.41, 5.74) is 0. The molecule has 0 saturated heterocycles. The Morgan fingerprint density at radius 3 is 1.12 bits per heavy atom. The van der Waals surface area contributed by atoms with E-state index in [1.807, 2.05) is 0 Å². The topological polar surface area (TPSA) is 145 Å². The molecule has 8 heavy (non-hydrogen) atoms. The van der Waals surface area contributed by atoms with Crippen molar-refractivity contribution in [3.05, 3.63) is 0 Å². The van der Waals surface area contributed by atoms with Gasteiger partial charge in [-0.3, -0.25) is 10.3 Å². The molecule has 0 bridgehead atoms. The molecule has 0 heterocycles. The van der Waals surface area contributed by atoms with Gasteiger partial charge < -0.3 is 11.3 Å². The van der Waals surface area contributed by atoms with Crippen molar-refractivity contribution in [2.75, 3.05) is 7.11 Å². The van der Waals surface area contributed by atoms with Crippen LogP contribution in [0.25, 0.3) is 0 Å². The molecule has 6 nitrogen and oxygen atoms in total. The number of halogens is 1. The summed E-state index contributed by atoms with van der Waals surface area (Å²) in [7, 11) is 1.00. The minimum atomic E-state index is -5.69. The van der Waals surface area contributed by atoms with Crippen LogP contribution in [-0.4, -0.2) is 15.7 Å². The van der Waals surface area contributed by atoms with Gasteiger partial charge in [0, 0.05) is 10.5 Å². The van der Waals surface area contributed by atoms with E-state index in [0.717, 1.165) is 7.11 Å². The quantitative estimate of drug-likeness (QED) is 0.359. The molecule has 7 heteroatoms. The molecule has 5 N–H and O–H groups in total. The van der Waals surface area contributed by atoms with Gasteiger partial charge >= 0.3 is 20.1 Å². The lowest BCUT2D eigenvalue weighted by atomic mass is 11.8. The average molecular weight is 241 g/mol. The van der Waals surface area contributed by atoms with E-state index in [9.17, 15) is 0 Å². The molecule has 0 spiro atoms. The van der Waals surface area contributed by atoms with Gasteiger partial charge in [0.15, 0.2) is 0 Å². The van der Waals surface area contributed by atoms with Crippen LogP contribution in [-0.2, 0) is 0 Å². The molecule has 0 aliphatic carbocycles. The first-order valence-corrected chi connectivity index (χ1v) is 4.69. The standard InChI is InChI=1S/CH4O.HIO4.H3N/c1-2;2-1(3,4)5;/h2H,1H3;2H;1H3. The monoisotopic (exact) mass is 241 g/mol. The van der Waals surface area contributed by atoms with Crippen LogP contribution in [0.2, 0.25) is 0 Å². The minimum Gasteiger partial charge on any atom is -0.400 e. The van der Waals surface area contributed by atoms with Crippen LogP contribution < -0.4 is 36.6 Å². The van der Waals surface area contributed by atoms with Crippen LogP contribution in [0.4, 0.5) is 0 Å². The first kappa shape index (κ1) is 15.8. The van der Waals surface area contributed by atoms with Gasteiger partial charge in [0.05, 0.1) is 0 Å². The van der Waals surface area contributed by atoms with Gasteiger partial charge in [0.1, 0.15) is 0 Å². The van der Waals surface area contributed by atoms with Crippen molar-refractivity contribution in [2.45, 2.75) is 0 Å². The number of rotatable bonds is 0. The number of hydrogen-bond donors (Lipinski definition) is 3. The van der Waals surface area contributed by atoms with Gasteiger partial charge in [-0.05, 0) is 0 Å². The molecule has 0 saturated carbocycles. The third kappa shape index (κ3) is 815. The lowest BCUT2D eigenvalue weighted by Crippen LogP contribution is -4.23. The fraction of sp³-hybridized carbons (Fsp3) is 1.00.